The molecule has 16 heavy (non-hydrogen) atoms. The Hall–Kier alpha value is -0.340. The van der Waals surface area contributed by atoms with Crippen LogP contribution in [0.2, 0.25) is 0 Å². The molecule has 0 aromatic carbocycles. The van der Waals surface area contributed by atoms with Crippen molar-refractivity contribution in [2.75, 3.05) is 0 Å². The molecule has 0 radical (unpaired) electrons. The van der Waals surface area contributed by atoms with Crippen molar-refractivity contribution in [3.8, 4) is 0 Å². The maximum Gasteiger partial charge on any atom is 0.0421 e. The van der Waals surface area contributed by atoms with Crippen molar-refractivity contribution in [3.05, 3.63) is 21.9 Å². The minimum absolute atomic E-state index is 0.320. The van der Waals surface area contributed by atoms with Gasteiger partial charge in [0.1, 0.15) is 0 Å². The Bertz CT molecular complexity index is 371. The first-order valence-corrected chi connectivity index (χ1v) is 7.43. The fourth-order valence-electron chi connectivity index (χ4n) is 3.71. The molecule has 1 aromatic heterocycles. The van der Waals surface area contributed by atoms with E-state index >= 15 is 0 Å². The van der Waals surface area contributed by atoms with Crippen LogP contribution in [0.5, 0.6) is 0 Å². The molecule has 88 valence electrons. The second-order valence-electron chi connectivity index (χ2n) is 5.52. The van der Waals surface area contributed by atoms with E-state index in [0.717, 1.165) is 24.2 Å². The van der Waals surface area contributed by atoms with E-state index in [1.54, 1.807) is 0 Å². The summed E-state index contributed by atoms with van der Waals surface area (Å²) >= 11 is 1.93. The quantitative estimate of drug-likeness (QED) is 0.848. The maximum atomic E-state index is 6.47. The maximum absolute atomic E-state index is 6.47. The van der Waals surface area contributed by atoms with Crippen molar-refractivity contribution in [1.29, 1.82) is 0 Å². The summed E-state index contributed by atoms with van der Waals surface area (Å²) in [4.78, 5) is 2.91. The van der Waals surface area contributed by atoms with E-state index in [-0.39, 0.29) is 0 Å². The van der Waals surface area contributed by atoms with E-state index in [9.17, 15) is 0 Å². The molecule has 0 aliphatic heterocycles. The molecule has 2 aliphatic carbocycles. The highest BCUT2D eigenvalue weighted by Crippen LogP contribution is 2.52. The molecule has 0 spiro atoms. The predicted molar refractivity (Wildman–Crippen MR) is 69.6 cm³/mol. The smallest absolute Gasteiger partial charge is 0.0421 e. The molecule has 0 saturated heterocycles. The first-order chi connectivity index (χ1) is 7.78. The summed E-state index contributed by atoms with van der Waals surface area (Å²) in [6.45, 7) is 2.22. The lowest BCUT2D eigenvalue weighted by Crippen LogP contribution is -2.25. The molecule has 3 rings (SSSR count). The Morgan fingerprint density at radius 1 is 1.38 bits per heavy atom. The molecule has 4 unspecified atom stereocenters. The second kappa shape index (κ2) is 4.15. The van der Waals surface area contributed by atoms with Crippen LogP contribution in [-0.4, -0.2) is 0 Å². The zero-order valence-electron chi connectivity index (χ0n) is 9.99. The molecule has 1 aromatic rings. The molecular weight excluding hydrogens is 214 g/mol. The number of thiophene rings is 1. The van der Waals surface area contributed by atoms with Gasteiger partial charge >= 0.3 is 0 Å². The Balaban J connectivity index is 1.75. The van der Waals surface area contributed by atoms with Gasteiger partial charge in [0.05, 0.1) is 0 Å². The number of rotatable bonds is 3. The van der Waals surface area contributed by atoms with Crippen LogP contribution in [0.25, 0.3) is 0 Å². The minimum Gasteiger partial charge on any atom is -0.323 e. The minimum atomic E-state index is 0.320. The van der Waals surface area contributed by atoms with Crippen molar-refractivity contribution in [2.45, 2.75) is 45.1 Å². The summed E-state index contributed by atoms with van der Waals surface area (Å²) in [7, 11) is 0. The van der Waals surface area contributed by atoms with E-state index in [0.29, 0.717) is 6.04 Å². The van der Waals surface area contributed by atoms with Gasteiger partial charge in [-0.25, -0.2) is 0 Å². The van der Waals surface area contributed by atoms with Crippen molar-refractivity contribution in [3.63, 3.8) is 0 Å². The third kappa shape index (κ3) is 1.72. The Labute approximate surface area is 102 Å². The van der Waals surface area contributed by atoms with Crippen LogP contribution in [0.3, 0.4) is 0 Å². The van der Waals surface area contributed by atoms with Crippen LogP contribution in [0.15, 0.2) is 12.1 Å². The second-order valence-corrected chi connectivity index (χ2v) is 6.72. The van der Waals surface area contributed by atoms with Crippen LogP contribution in [0, 0.1) is 17.8 Å². The molecule has 4 atom stereocenters. The summed E-state index contributed by atoms with van der Waals surface area (Å²) in [6.07, 6.45) is 6.91. The molecule has 1 heterocycles. The highest BCUT2D eigenvalue weighted by atomic mass is 32.1. The van der Waals surface area contributed by atoms with Crippen molar-refractivity contribution >= 4 is 11.3 Å². The van der Waals surface area contributed by atoms with Crippen LogP contribution < -0.4 is 5.73 Å². The molecular formula is C14H21NS. The zero-order valence-corrected chi connectivity index (χ0v) is 10.8. The highest BCUT2D eigenvalue weighted by molar-refractivity contribution is 7.12. The van der Waals surface area contributed by atoms with Gasteiger partial charge in [-0.15, -0.1) is 11.3 Å². The summed E-state index contributed by atoms with van der Waals surface area (Å²) in [6, 6.07) is 4.84. The number of hydrogen-bond donors (Lipinski definition) is 1. The van der Waals surface area contributed by atoms with E-state index < -0.39 is 0 Å². The SMILES string of the molecule is CCc1ccc(C(N)C2CC3CCC2C3)s1. The average Bonchev–Trinajstić information content (AvgIpc) is 3.03. The Morgan fingerprint density at radius 2 is 2.25 bits per heavy atom. The average molecular weight is 235 g/mol. The fraction of sp³-hybridized carbons (Fsp3) is 0.714. The van der Waals surface area contributed by atoms with Crippen molar-refractivity contribution < 1.29 is 0 Å². The third-order valence-electron chi connectivity index (χ3n) is 4.61. The third-order valence-corrected chi connectivity index (χ3v) is 5.94. The van der Waals surface area contributed by atoms with Crippen LogP contribution in [-0.2, 0) is 6.42 Å². The molecule has 2 aliphatic rings. The Morgan fingerprint density at radius 3 is 2.81 bits per heavy atom. The first-order valence-electron chi connectivity index (χ1n) is 6.62. The van der Waals surface area contributed by atoms with Gasteiger partial charge in [-0.1, -0.05) is 13.3 Å². The molecule has 2 N–H and O–H groups in total. The number of aryl methyl sites for hydroxylation is 1. The van der Waals surface area contributed by atoms with Crippen LogP contribution >= 0.6 is 11.3 Å². The Kier molecular flexibility index (Phi) is 2.80. The van der Waals surface area contributed by atoms with Gasteiger partial charge in [-0.3, -0.25) is 0 Å². The normalized spacial score (nSPS) is 34.5. The standard InChI is InChI=1S/C14H21NS/c1-2-11-5-6-13(16-11)14(15)12-8-9-3-4-10(12)7-9/h5-6,9-10,12,14H,2-4,7-8,15H2,1H3. The molecule has 2 heteroatoms. The molecule has 2 bridgehead atoms. The van der Waals surface area contributed by atoms with Crippen molar-refractivity contribution in [2.24, 2.45) is 23.5 Å². The summed E-state index contributed by atoms with van der Waals surface area (Å²) in [5.41, 5.74) is 6.47. The number of hydrogen-bond acceptors (Lipinski definition) is 2. The van der Waals surface area contributed by atoms with E-state index in [1.807, 2.05) is 11.3 Å². The predicted octanol–water partition coefficient (Wildman–Crippen LogP) is 3.75. The molecule has 2 saturated carbocycles. The van der Waals surface area contributed by atoms with Crippen molar-refractivity contribution in [1.82, 2.24) is 0 Å². The molecule has 0 amide bonds. The van der Waals surface area contributed by atoms with Gasteiger partial charge in [0, 0.05) is 15.8 Å². The highest BCUT2D eigenvalue weighted by Gasteiger charge is 2.42. The summed E-state index contributed by atoms with van der Waals surface area (Å²) in [5, 5.41) is 0. The van der Waals surface area contributed by atoms with Gasteiger partial charge in [0.25, 0.3) is 0 Å². The van der Waals surface area contributed by atoms with Gasteiger partial charge in [-0.2, -0.15) is 0 Å². The lowest BCUT2D eigenvalue weighted by atomic mass is 9.83. The fourth-order valence-corrected chi connectivity index (χ4v) is 4.74. The lowest BCUT2D eigenvalue weighted by molar-refractivity contribution is 0.287. The first kappa shape index (κ1) is 10.8. The number of nitrogens with two attached hydrogens (primary N) is 1. The van der Waals surface area contributed by atoms with E-state index in [4.69, 9.17) is 5.73 Å². The van der Waals surface area contributed by atoms with Crippen LogP contribution in [0.1, 0.15) is 48.4 Å². The molecule has 2 fully saturated rings. The van der Waals surface area contributed by atoms with Gasteiger partial charge in [0.2, 0.25) is 0 Å². The van der Waals surface area contributed by atoms with Gasteiger partial charge in [-0.05, 0) is 55.6 Å². The monoisotopic (exact) mass is 235 g/mol. The lowest BCUT2D eigenvalue weighted by Gasteiger charge is -2.26. The van der Waals surface area contributed by atoms with Gasteiger partial charge < -0.3 is 5.73 Å². The molecule has 1 nitrogen and oxygen atoms in total. The number of fused-ring (bicyclic) bond motifs is 2. The van der Waals surface area contributed by atoms with E-state index in [2.05, 4.69) is 19.1 Å². The zero-order chi connectivity index (χ0) is 11.1. The van der Waals surface area contributed by atoms with E-state index in [1.165, 1.54) is 35.4 Å². The summed E-state index contributed by atoms with van der Waals surface area (Å²) in [5.74, 6) is 2.72. The largest absolute Gasteiger partial charge is 0.323 e. The topological polar surface area (TPSA) is 26.0 Å². The summed E-state index contributed by atoms with van der Waals surface area (Å²) < 4.78 is 0. The van der Waals surface area contributed by atoms with Gasteiger partial charge in [0.15, 0.2) is 0 Å². The van der Waals surface area contributed by atoms with Crippen LogP contribution in [0.4, 0.5) is 0 Å².